The van der Waals surface area contributed by atoms with Crippen molar-refractivity contribution in [1.29, 1.82) is 0 Å². The fourth-order valence-corrected chi connectivity index (χ4v) is 1.42. The molecule has 1 rings (SSSR count). The molecule has 4 heteroatoms. The van der Waals surface area contributed by atoms with Crippen LogP contribution in [0.1, 0.15) is 30.6 Å². The molecule has 0 amide bonds. The van der Waals surface area contributed by atoms with E-state index in [1.165, 1.54) is 0 Å². The number of nitrogens with one attached hydrogen (secondary N) is 1. The highest BCUT2D eigenvalue weighted by atomic mass is 15.3. The van der Waals surface area contributed by atoms with Gasteiger partial charge in [0, 0.05) is 25.2 Å². The zero-order valence-electron chi connectivity index (χ0n) is 8.83. The fraction of sp³-hybridized carbons (Fsp3) is 0.500. The van der Waals surface area contributed by atoms with Gasteiger partial charge in [0.1, 0.15) is 0 Å². The molecule has 1 atom stereocenters. The zero-order valence-corrected chi connectivity index (χ0v) is 8.83. The van der Waals surface area contributed by atoms with Gasteiger partial charge >= 0.3 is 0 Å². The minimum absolute atomic E-state index is 0.0659. The van der Waals surface area contributed by atoms with Crippen LogP contribution in [-0.4, -0.2) is 9.78 Å². The Morgan fingerprint density at radius 3 is 2.86 bits per heavy atom. The van der Waals surface area contributed by atoms with Gasteiger partial charge in [0.25, 0.3) is 0 Å². The van der Waals surface area contributed by atoms with E-state index in [4.69, 9.17) is 5.84 Å². The molecule has 0 bridgehead atoms. The number of nitrogens with zero attached hydrogens (tertiary/aromatic N) is 2. The second-order valence-electron chi connectivity index (χ2n) is 3.19. The first-order chi connectivity index (χ1) is 6.69. The maximum absolute atomic E-state index is 5.47. The molecule has 76 valence electrons. The third kappa shape index (κ3) is 2.34. The molecule has 0 spiro atoms. The van der Waals surface area contributed by atoms with Crippen LogP contribution in [0.5, 0.6) is 0 Å². The van der Waals surface area contributed by atoms with Crippen LogP contribution in [-0.2, 0) is 7.05 Å². The fourth-order valence-electron chi connectivity index (χ4n) is 1.42. The molecule has 0 saturated heterocycles. The first-order valence-corrected chi connectivity index (χ1v) is 4.55. The lowest BCUT2D eigenvalue weighted by Crippen LogP contribution is -2.27. The van der Waals surface area contributed by atoms with Gasteiger partial charge in [0.15, 0.2) is 0 Å². The van der Waals surface area contributed by atoms with Gasteiger partial charge in [-0.05, 0) is 13.8 Å². The van der Waals surface area contributed by atoms with Gasteiger partial charge in [-0.3, -0.25) is 16.0 Å². The molecule has 0 aliphatic carbocycles. The molecule has 3 N–H and O–H groups in total. The molecule has 1 aromatic rings. The topological polar surface area (TPSA) is 55.9 Å². The van der Waals surface area contributed by atoms with Gasteiger partial charge < -0.3 is 0 Å². The Kier molecular flexibility index (Phi) is 3.69. The normalized spacial score (nSPS) is 12.0. The second kappa shape index (κ2) is 4.80. The maximum Gasteiger partial charge on any atom is 0.0642 e. The summed E-state index contributed by atoms with van der Waals surface area (Å²) in [6, 6.07) is 0.0659. The van der Waals surface area contributed by atoms with Crippen molar-refractivity contribution >= 4 is 0 Å². The predicted molar refractivity (Wildman–Crippen MR) is 56.1 cm³/mol. The van der Waals surface area contributed by atoms with E-state index in [1.807, 2.05) is 27.1 Å². The zero-order chi connectivity index (χ0) is 10.6. The van der Waals surface area contributed by atoms with Crippen molar-refractivity contribution in [3.8, 4) is 11.8 Å². The number of hydrogen-bond donors (Lipinski definition) is 2. The van der Waals surface area contributed by atoms with Crippen LogP contribution in [0.3, 0.4) is 0 Å². The number of hydrogen-bond acceptors (Lipinski definition) is 3. The summed E-state index contributed by atoms with van der Waals surface area (Å²) in [4.78, 5) is 0. The molecule has 1 unspecified atom stereocenters. The van der Waals surface area contributed by atoms with Crippen LogP contribution in [0.15, 0.2) is 6.20 Å². The summed E-state index contributed by atoms with van der Waals surface area (Å²) in [7, 11) is 1.90. The molecule has 0 radical (unpaired) electrons. The van der Waals surface area contributed by atoms with E-state index in [-0.39, 0.29) is 6.04 Å². The van der Waals surface area contributed by atoms with Crippen LogP contribution in [0.2, 0.25) is 0 Å². The number of rotatable bonds is 3. The number of aromatic nitrogens is 2. The van der Waals surface area contributed by atoms with Crippen LogP contribution in [0.4, 0.5) is 0 Å². The predicted octanol–water partition coefficient (Wildman–Crippen LogP) is 0.646. The van der Waals surface area contributed by atoms with Gasteiger partial charge in [-0.1, -0.05) is 0 Å². The lowest BCUT2D eigenvalue weighted by Gasteiger charge is -2.11. The van der Waals surface area contributed by atoms with E-state index in [1.54, 1.807) is 4.68 Å². The second-order valence-corrected chi connectivity index (χ2v) is 3.19. The Labute approximate surface area is 84.5 Å². The summed E-state index contributed by atoms with van der Waals surface area (Å²) in [5.41, 5.74) is 4.85. The summed E-state index contributed by atoms with van der Waals surface area (Å²) < 4.78 is 1.79. The maximum atomic E-state index is 5.47. The Morgan fingerprint density at radius 1 is 1.71 bits per heavy atom. The minimum atomic E-state index is 0.0659. The summed E-state index contributed by atoms with van der Waals surface area (Å²) in [6.07, 6.45) is 2.68. The van der Waals surface area contributed by atoms with Crippen molar-refractivity contribution in [3.63, 3.8) is 0 Å². The van der Waals surface area contributed by atoms with Crippen molar-refractivity contribution in [1.82, 2.24) is 15.2 Å². The standard InChI is InChI=1S/C10H16N4/c1-4-5-6-10(12-11)9-7-14(3)13-8(9)2/h7,10,12H,6,11H2,1-3H3. The highest BCUT2D eigenvalue weighted by Gasteiger charge is 2.13. The molecular weight excluding hydrogens is 176 g/mol. The Morgan fingerprint density at radius 2 is 2.43 bits per heavy atom. The van der Waals surface area contributed by atoms with Crippen molar-refractivity contribution in [3.05, 3.63) is 17.5 Å². The molecule has 0 fully saturated rings. The van der Waals surface area contributed by atoms with Gasteiger partial charge in [-0.25, -0.2) is 0 Å². The average molecular weight is 192 g/mol. The van der Waals surface area contributed by atoms with Gasteiger partial charge in [0.2, 0.25) is 0 Å². The first-order valence-electron chi connectivity index (χ1n) is 4.55. The van der Waals surface area contributed by atoms with Crippen molar-refractivity contribution < 1.29 is 0 Å². The third-order valence-corrected chi connectivity index (χ3v) is 2.11. The molecule has 0 saturated carbocycles. The smallest absolute Gasteiger partial charge is 0.0642 e. The Bertz CT molecular complexity index is 356. The molecular formula is C10H16N4. The van der Waals surface area contributed by atoms with Crippen molar-refractivity contribution in [2.24, 2.45) is 12.9 Å². The van der Waals surface area contributed by atoms with E-state index in [9.17, 15) is 0 Å². The van der Waals surface area contributed by atoms with Crippen LogP contribution >= 0.6 is 0 Å². The highest BCUT2D eigenvalue weighted by molar-refractivity contribution is 5.21. The van der Waals surface area contributed by atoms with E-state index < -0.39 is 0 Å². The largest absolute Gasteiger partial charge is 0.275 e. The summed E-state index contributed by atoms with van der Waals surface area (Å²) in [5, 5.41) is 4.26. The highest BCUT2D eigenvalue weighted by Crippen LogP contribution is 2.17. The molecule has 14 heavy (non-hydrogen) atoms. The van der Waals surface area contributed by atoms with Crippen LogP contribution < -0.4 is 11.3 Å². The molecule has 0 aromatic carbocycles. The number of nitrogens with two attached hydrogens (primary N) is 1. The molecule has 0 aliphatic heterocycles. The summed E-state index contributed by atoms with van der Waals surface area (Å²) in [6.45, 7) is 3.79. The summed E-state index contributed by atoms with van der Waals surface area (Å²) >= 11 is 0. The Balaban J connectivity index is 2.86. The molecule has 4 nitrogen and oxygen atoms in total. The third-order valence-electron chi connectivity index (χ3n) is 2.11. The van der Waals surface area contributed by atoms with Gasteiger partial charge in [-0.15, -0.1) is 11.8 Å². The molecule has 1 heterocycles. The first kappa shape index (κ1) is 10.8. The van der Waals surface area contributed by atoms with Crippen molar-refractivity contribution in [2.75, 3.05) is 0 Å². The van der Waals surface area contributed by atoms with Crippen molar-refractivity contribution in [2.45, 2.75) is 26.3 Å². The number of hydrazine groups is 1. The van der Waals surface area contributed by atoms with Crippen LogP contribution in [0, 0.1) is 18.8 Å². The van der Waals surface area contributed by atoms with Crippen LogP contribution in [0.25, 0.3) is 0 Å². The lowest BCUT2D eigenvalue weighted by molar-refractivity contribution is 0.565. The SMILES string of the molecule is CC#CCC(NN)c1cn(C)nc1C. The Hall–Kier alpha value is -1.31. The van der Waals surface area contributed by atoms with E-state index in [0.29, 0.717) is 6.42 Å². The van der Waals surface area contributed by atoms with Gasteiger partial charge in [0.05, 0.1) is 11.7 Å². The van der Waals surface area contributed by atoms with E-state index in [0.717, 1.165) is 11.3 Å². The average Bonchev–Trinajstić information content (AvgIpc) is 2.47. The lowest BCUT2D eigenvalue weighted by atomic mass is 10.1. The van der Waals surface area contributed by atoms with Gasteiger partial charge in [-0.2, -0.15) is 5.10 Å². The van der Waals surface area contributed by atoms with E-state index in [2.05, 4.69) is 22.4 Å². The molecule has 0 aliphatic rings. The van der Waals surface area contributed by atoms with E-state index >= 15 is 0 Å². The molecule has 1 aromatic heterocycles. The monoisotopic (exact) mass is 192 g/mol. The minimum Gasteiger partial charge on any atom is -0.275 e. The quantitative estimate of drug-likeness (QED) is 0.420. The number of aryl methyl sites for hydroxylation is 2. The summed E-state index contributed by atoms with van der Waals surface area (Å²) in [5.74, 6) is 11.3.